The Morgan fingerprint density at radius 2 is 2.08 bits per heavy atom. The van der Waals surface area contributed by atoms with E-state index >= 15 is 0 Å². The number of nitrogens with one attached hydrogen (secondary N) is 1. The van der Waals surface area contributed by atoms with Crippen molar-refractivity contribution < 1.29 is 9.84 Å². The van der Waals surface area contributed by atoms with E-state index in [1.165, 1.54) is 0 Å². The second-order valence-electron chi connectivity index (χ2n) is 2.38. The van der Waals surface area contributed by atoms with E-state index in [2.05, 4.69) is 10.5 Å². The lowest BCUT2D eigenvalue weighted by molar-refractivity contribution is -0.0330. The third-order valence-corrected chi connectivity index (χ3v) is 1.52. The lowest BCUT2D eigenvalue weighted by Gasteiger charge is -2.02. The summed E-state index contributed by atoms with van der Waals surface area (Å²) in [7, 11) is 0. The Balaban J connectivity index is 2.22. The molecule has 1 aliphatic rings. The number of ether oxygens (including phenoxy) is 1. The van der Waals surface area contributed by atoms with Crippen molar-refractivity contribution >= 4 is 5.90 Å². The molecule has 1 unspecified atom stereocenters. The molecule has 12 heavy (non-hydrogen) atoms. The smallest absolute Gasteiger partial charge is 0.295 e. The van der Waals surface area contributed by atoms with Gasteiger partial charge in [-0.1, -0.05) is 18.2 Å². The van der Waals surface area contributed by atoms with E-state index in [1.807, 2.05) is 30.3 Å². The third-order valence-electron chi connectivity index (χ3n) is 1.52. The van der Waals surface area contributed by atoms with Crippen LogP contribution >= 0.6 is 0 Å². The fourth-order valence-corrected chi connectivity index (χ4v) is 0.986. The summed E-state index contributed by atoms with van der Waals surface area (Å²) >= 11 is 0. The summed E-state index contributed by atoms with van der Waals surface area (Å²) < 4.78 is 4.94. The van der Waals surface area contributed by atoms with Crippen LogP contribution in [0.25, 0.3) is 0 Å². The average Bonchev–Trinajstić information content (AvgIpc) is 2.54. The molecule has 1 aromatic carbocycles. The minimum atomic E-state index is -1.01. The van der Waals surface area contributed by atoms with Crippen molar-refractivity contribution in [2.24, 2.45) is 5.10 Å². The van der Waals surface area contributed by atoms with E-state index in [0.717, 1.165) is 5.56 Å². The molecule has 0 saturated carbocycles. The molecule has 1 aromatic rings. The van der Waals surface area contributed by atoms with Gasteiger partial charge in [-0.25, -0.2) is 5.43 Å². The van der Waals surface area contributed by atoms with E-state index in [1.54, 1.807) is 0 Å². The average molecular weight is 164 g/mol. The van der Waals surface area contributed by atoms with E-state index in [4.69, 9.17) is 9.84 Å². The summed E-state index contributed by atoms with van der Waals surface area (Å²) in [6.07, 6.45) is -1.01. The van der Waals surface area contributed by atoms with Gasteiger partial charge in [0.2, 0.25) is 5.90 Å². The Labute approximate surface area is 69.5 Å². The lowest BCUT2D eigenvalue weighted by atomic mass is 10.2. The molecule has 0 saturated heterocycles. The van der Waals surface area contributed by atoms with Gasteiger partial charge in [0.15, 0.2) is 0 Å². The summed E-state index contributed by atoms with van der Waals surface area (Å²) in [6.45, 7) is 0. The molecule has 0 aliphatic carbocycles. The van der Waals surface area contributed by atoms with Gasteiger partial charge in [-0.05, 0) is 12.1 Å². The quantitative estimate of drug-likeness (QED) is 0.625. The van der Waals surface area contributed by atoms with E-state index in [9.17, 15) is 0 Å². The highest BCUT2D eigenvalue weighted by molar-refractivity contribution is 5.94. The van der Waals surface area contributed by atoms with Crippen LogP contribution in [-0.2, 0) is 4.74 Å². The van der Waals surface area contributed by atoms with Crippen molar-refractivity contribution in [1.29, 1.82) is 0 Å². The first-order valence-electron chi connectivity index (χ1n) is 3.59. The van der Waals surface area contributed by atoms with Gasteiger partial charge in [0.25, 0.3) is 6.41 Å². The van der Waals surface area contributed by atoms with Gasteiger partial charge in [-0.3, -0.25) is 0 Å². The SMILES string of the molecule is OC1NN=C(c2ccccc2)O1. The molecule has 0 amide bonds. The minimum Gasteiger partial charge on any atom is -0.426 e. The number of rotatable bonds is 1. The van der Waals surface area contributed by atoms with Crippen LogP contribution in [0.5, 0.6) is 0 Å². The van der Waals surface area contributed by atoms with E-state index < -0.39 is 6.41 Å². The number of aliphatic hydroxyl groups is 1. The number of hydrazone groups is 1. The molecule has 2 rings (SSSR count). The molecule has 4 heteroatoms. The van der Waals surface area contributed by atoms with Crippen molar-refractivity contribution in [2.45, 2.75) is 6.41 Å². The summed E-state index contributed by atoms with van der Waals surface area (Å²) in [6, 6.07) is 9.39. The maximum absolute atomic E-state index is 8.91. The van der Waals surface area contributed by atoms with E-state index in [0.29, 0.717) is 5.90 Å². The zero-order valence-corrected chi connectivity index (χ0v) is 6.27. The summed E-state index contributed by atoms with van der Waals surface area (Å²) in [4.78, 5) is 0. The zero-order valence-electron chi connectivity index (χ0n) is 6.27. The molecule has 0 aromatic heterocycles. The Morgan fingerprint density at radius 1 is 1.33 bits per heavy atom. The first-order valence-corrected chi connectivity index (χ1v) is 3.59. The van der Waals surface area contributed by atoms with E-state index in [-0.39, 0.29) is 0 Å². The fourth-order valence-electron chi connectivity index (χ4n) is 0.986. The molecule has 1 aliphatic heterocycles. The fraction of sp³-hybridized carbons (Fsp3) is 0.125. The first kappa shape index (κ1) is 7.12. The van der Waals surface area contributed by atoms with Crippen LogP contribution in [0.4, 0.5) is 0 Å². The Hall–Kier alpha value is -1.55. The molecule has 0 bridgehead atoms. The van der Waals surface area contributed by atoms with Crippen molar-refractivity contribution in [3.8, 4) is 0 Å². The molecule has 2 N–H and O–H groups in total. The second-order valence-corrected chi connectivity index (χ2v) is 2.38. The van der Waals surface area contributed by atoms with Gasteiger partial charge in [0.1, 0.15) is 0 Å². The van der Waals surface area contributed by atoms with Crippen molar-refractivity contribution in [3.05, 3.63) is 35.9 Å². The molecule has 1 atom stereocenters. The number of benzene rings is 1. The highest BCUT2D eigenvalue weighted by atomic mass is 16.6. The highest BCUT2D eigenvalue weighted by Gasteiger charge is 2.16. The second kappa shape index (κ2) is 2.83. The van der Waals surface area contributed by atoms with Gasteiger partial charge in [0, 0.05) is 5.56 Å². The highest BCUT2D eigenvalue weighted by Crippen LogP contribution is 2.06. The minimum absolute atomic E-state index is 0.420. The Morgan fingerprint density at radius 3 is 2.67 bits per heavy atom. The van der Waals surface area contributed by atoms with Crippen LogP contribution < -0.4 is 5.43 Å². The summed E-state index contributed by atoms with van der Waals surface area (Å²) in [5, 5.41) is 12.7. The van der Waals surface area contributed by atoms with Gasteiger partial charge in [0.05, 0.1) is 0 Å². The number of nitrogens with zero attached hydrogens (tertiary/aromatic N) is 1. The molecule has 0 spiro atoms. The standard InChI is InChI=1S/C8H8N2O2/c11-8-10-9-7(12-8)6-4-2-1-3-5-6/h1-5,8,10-11H. The molecular formula is C8H8N2O2. The Bertz CT molecular complexity index is 297. The zero-order chi connectivity index (χ0) is 8.39. The maximum Gasteiger partial charge on any atom is 0.295 e. The topological polar surface area (TPSA) is 53.8 Å². The summed E-state index contributed by atoms with van der Waals surface area (Å²) in [5.41, 5.74) is 3.24. The molecular weight excluding hydrogens is 156 g/mol. The molecule has 1 heterocycles. The normalized spacial score (nSPS) is 21.1. The number of hydrogen-bond acceptors (Lipinski definition) is 4. The maximum atomic E-state index is 8.91. The molecule has 4 nitrogen and oxygen atoms in total. The lowest BCUT2D eigenvalue weighted by Crippen LogP contribution is -2.20. The monoisotopic (exact) mass is 164 g/mol. The van der Waals surface area contributed by atoms with Crippen LogP contribution in [0.3, 0.4) is 0 Å². The Kier molecular flexibility index (Phi) is 1.68. The molecule has 62 valence electrons. The molecule has 0 fully saturated rings. The number of aliphatic hydroxyl groups excluding tert-OH is 1. The third kappa shape index (κ3) is 1.24. The van der Waals surface area contributed by atoms with Crippen LogP contribution in [0.2, 0.25) is 0 Å². The predicted octanol–water partition coefficient (Wildman–Crippen LogP) is 0.244. The van der Waals surface area contributed by atoms with Crippen LogP contribution in [0.15, 0.2) is 35.4 Å². The van der Waals surface area contributed by atoms with Crippen LogP contribution in [-0.4, -0.2) is 17.4 Å². The van der Waals surface area contributed by atoms with Crippen molar-refractivity contribution in [2.75, 3.05) is 0 Å². The molecule has 0 radical (unpaired) electrons. The van der Waals surface area contributed by atoms with Gasteiger partial charge in [-0.15, -0.1) is 5.10 Å². The first-order chi connectivity index (χ1) is 5.86. The van der Waals surface area contributed by atoms with Gasteiger partial charge < -0.3 is 9.84 Å². The van der Waals surface area contributed by atoms with Crippen molar-refractivity contribution in [1.82, 2.24) is 5.43 Å². The van der Waals surface area contributed by atoms with Crippen LogP contribution in [0, 0.1) is 0 Å². The summed E-state index contributed by atoms with van der Waals surface area (Å²) in [5.74, 6) is 0.420. The van der Waals surface area contributed by atoms with Gasteiger partial charge in [-0.2, -0.15) is 0 Å². The van der Waals surface area contributed by atoms with Crippen molar-refractivity contribution in [3.63, 3.8) is 0 Å². The van der Waals surface area contributed by atoms with Gasteiger partial charge >= 0.3 is 0 Å². The largest absolute Gasteiger partial charge is 0.426 e. The number of hydrogen-bond donors (Lipinski definition) is 2. The predicted molar refractivity (Wildman–Crippen MR) is 43.2 cm³/mol. The van der Waals surface area contributed by atoms with Crippen LogP contribution in [0.1, 0.15) is 5.56 Å².